The van der Waals surface area contributed by atoms with Gasteiger partial charge in [-0.2, -0.15) is 13.2 Å². The number of methoxy groups -OCH3 is 1. The van der Waals surface area contributed by atoms with Gasteiger partial charge >= 0.3 is 17.8 Å². The molecule has 29 heavy (non-hydrogen) atoms. The molecule has 2 aromatic rings. The minimum atomic E-state index is -5.25. The number of nitrogens with one attached hydrogen (secondary N) is 2. The van der Waals surface area contributed by atoms with Crippen LogP contribution in [0, 0.1) is 0 Å². The summed E-state index contributed by atoms with van der Waals surface area (Å²) in [6, 6.07) is 10.8. The summed E-state index contributed by atoms with van der Waals surface area (Å²) < 4.78 is 51.9. The molecular weight excluding hydrogens is 413 g/mol. The van der Waals surface area contributed by atoms with E-state index in [0.717, 1.165) is 0 Å². The highest BCUT2D eigenvalue weighted by molar-refractivity contribution is 6.33. The van der Waals surface area contributed by atoms with E-state index in [1.165, 1.54) is 62.6 Å². The van der Waals surface area contributed by atoms with Crippen molar-refractivity contribution in [3.63, 3.8) is 0 Å². The number of alkyl halides is 3. The van der Waals surface area contributed by atoms with Gasteiger partial charge in [0.15, 0.2) is 0 Å². The van der Waals surface area contributed by atoms with E-state index in [9.17, 15) is 22.8 Å². The third kappa shape index (κ3) is 4.92. The van der Waals surface area contributed by atoms with Crippen LogP contribution in [0.4, 0.5) is 18.9 Å². The zero-order chi connectivity index (χ0) is 21.7. The van der Waals surface area contributed by atoms with Crippen molar-refractivity contribution in [3.05, 3.63) is 59.1 Å². The molecule has 0 aliphatic carbocycles. The summed E-state index contributed by atoms with van der Waals surface area (Å²) in [5, 5.41) is 3.71. The number of ether oxygens (including phenoxy) is 2. The lowest BCUT2D eigenvalue weighted by atomic mass is 10.1. The SMILES string of the molecule is CCOC(=O)[C@](NC(=O)c1ccccc1Cl)(Nc1ccc(OC)cc1)C(F)(F)F. The number of anilines is 1. The Balaban J connectivity index is 2.51. The number of halogens is 4. The average Bonchev–Trinajstić information content (AvgIpc) is 2.67. The fourth-order valence-corrected chi connectivity index (χ4v) is 2.63. The minimum absolute atomic E-state index is 0.0746. The molecule has 0 aliphatic heterocycles. The van der Waals surface area contributed by atoms with Gasteiger partial charge in [-0.1, -0.05) is 23.7 Å². The van der Waals surface area contributed by atoms with Gasteiger partial charge in [0.25, 0.3) is 5.91 Å². The highest BCUT2D eigenvalue weighted by Gasteiger charge is 2.63. The van der Waals surface area contributed by atoms with E-state index < -0.39 is 23.7 Å². The smallest absolute Gasteiger partial charge is 0.441 e. The summed E-state index contributed by atoms with van der Waals surface area (Å²) in [5.74, 6) is -2.53. The number of benzene rings is 2. The lowest BCUT2D eigenvalue weighted by Gasteiger charge is -2.35. The third-order valence-corrected chi connectivity index (χ3v) is 4.18. The molecular formula is C19H18ClF3N2O4. The van der Waals surface area contributed by atoms with E-state index in [0.29, 0.717) is 5.75 Å². The van der Waals surface area contributed by atoms with Crippen LogP contribution in [0.25, 0.3) is 0 Å². The predicted octanol–water partition coefficient (Wildman–Crippen LogP) is 4.01. The summed E-state index contributed by atoms with van der Waals surface area (Å²) in [5.41, 5.74) is -3.88. The van der Waals surface area contributed by atoms with Crippen LogP contribution < -0.4 is 15.4 Å². The summed E-state index contributed by atoms with van der Waals surface area (Å²) in [6.07, 6.45) is -5.25. The molecule has 156 valence electrons. The molecule has 2 rings (SSSR count). The van der Waals surface area contributed by atoms with Crippen molar-refractivity contribution in [2.24, 2.45) is 0 Å². The van der Waals surface area contributed by atoms with Crippen LogP contribution in [0.1, 0.15) is 17.3 Å². The summed E-state index contributed by atoms with van der Waals surface area (Å²) >= 11 is 5.90. The molecule has 6 nitrogen and oxygen atoms in total. The van der Waals surface area contributed by atoms with Gasteiger partial charge < -0.3 is 20.1 Å². The van der Waals surface area contributed by atoms with Crippen LogP contribution in [0.5, 0.6) is 5.75 Å². The number of rotatable bonds is 7. The van der Waals surface area contributed by atoms with Crippen molar-refractivity contribution < 1.29 is 32.2 Å². The Morgan fingerprint density at radius 2 is 1.69 bits per heavy atom. The predicted molar refractivity (Wildman–Crippen MR) is 101 cm³/mol. The lowest BCUT2D eigenvalue weighted by Crippen LogP contribution is -2.69. The van der Waals surface area contributed by atoms with Crippen molar-refractivity contribution in [2.75, 3.05) is 19.0 Å². The second-order valence-corrected chi connectivity index (χ2v) is 6.16. The molecule has 0 radical (unpaired) electrons. The Labute approximate surface area is 169 Å². The molecule has 10 heteroatoms. The Morgan fingerprint density at radius 1 is 1.07 bits per heavy atom. The Hall–Kier alpha value is -2.94. The number of carbonyl (C=O) groups excluding carboxylic acids is 2. The number of hydrogen-bond donors (Lipinski definition) is 2. The van der Waals surface area contributed by atoms with Crippen molar-refractivity contribution >= 4 is 29.2 Å². The van der Waals surface area contributed by atoms with Crippen LogP contribution in [0.15, 0.2) is 48.5 Å². The first-order valence-electron chi connectivity index (χ1n) is 8.38. The Bertz CT molecular complexity index is 875. The van der Waals surface area contributed by atoms with Gasteiger partial charge in [0, 0.05) is 5.69 Å². The third-order valence-electron chi connectivity index (χ3n) is 3.85. The number of hydrogen-bond acceptors (Lipinski definition) is 5. The molecule has 0 fully saturated rings. The van der Waals surface area contributed by atoms with Gasteiger partial charge in [-0.25, -0.2) is 4.79 Å². The lowest BCUT2D eigenvalue weighted by molar-refractivity contribution is -0.204. The molecule has 0 spiro atoms. The molecule has 0 bridgehead atoms. The number of carbonyl (C=O) groups is 2. The zero-order valence-electron chi connectivity index (χ0n) is 15.5. The van der Waals surface area contributed by atoms with Gasteiger partial charge in [-0.05, 0) is 43.3 Å². The first kappa shape index (κ1) is 22.4. The maximum atomic E-state index is 14.1. The van der Waals surface area contributed by atoms with Crippen molar-refractivity contribution in [3.8, 4) is 5.75 Å². The van der Waals surface area contributed by atoms with Gasteiger partial charge in [-0.15, -0.1) is 0 Å². The maximum Gasteiger partial charge on any atom is 0.441 e. The summed E-state index contributed by atoms with van der Waals surface area (Å²) in [4.78, 5) is 25.0. The van der Waals surface area contributed by atoms with Gasteiger partial charge in [-0.3, -0.25) is 4.79 Å². The first-order valence-corrected chi connectivity index (χ1v) is 8.75. The molecule has 2 aromatic carbocycles. The topological polar surface area (TPSA) is 76.7 Å². The van der Waals surface area contributed by atoms with Gasteiger partial charge in [0.1, 0.15) is 5.75 Å². The van der Waals surface area contributed by atoms with Crippen LogP contribution >= 0.6 is 11.6 Å². The molecule has 0 unspecified atom stereocenters. The molecule has 0 saturated heterocycles. The van der Waals surface area contributed by atoms with E-state index >= 15 is 0 Å². The summed E-state index contributed by atoms with van der Waals surface area (Å²) in [6.45, 7) is 1.02. The van der Waals surface area contributed by atoms with Crippen LogP contribution in [-0.2, 0) is 9.53 Å². The van der Waals surface area contributed by atoms with Crippen molar-refractivity contribution in [1.29, 1.82) is 0 Å². The van der Waals surface area contributed by atoms with E-state index in [1.807, 2.05) is 0 Å². The van der Waals surface area contributed by atoms with E-state index in [-0.39, 0.29) is 22.9 Å². The average molecular weight is 431 g/mol. The molecule has 0 heterocycles. The molecule has 1 amide bonds. The van der Waals surface area contributed by atoms with Crippen LogP contribution in [0.3, 0.4) is 0 Å². The first-order chi connectivity index (χ1) is 13.6. The highest BCUT2D eigenvalue weighted by atomic mass is 35.5. The molecule has 1 atom stereocenters. The molecule has 2 N–H and O–H groups in total. The highest BCUT2D eigenvalue weighted by Crippen LogP contribution is 2.34. The van der Waals surface area contributed by atoms with Crippen LogP contribution in [-0.4, -0.2) is 37.4 Å². The Morgan fingerprint density at radius 3 is 2.21 bits per heavy atom. The Kier molecular flexibility index (Phi) is 6.97. The minimum Gasteiger partial charge on any atom is -0.497 e. The summed E-state index contributed by atoms with van der Waals surface area (Å²) in [7, 11) is 1.39. The van der Waals surface area contributed by atoms with Gasteiger partial charge in [0.05, 0.1) is 24.3 Å². The maximum absolute atomic E-state index is 14.1. The van der Waals surface area contributed by atoms with Crippen LogP contribution in [0.2, 0.25) is 5.02 Å². The van der Waals surface area contributed by atoms with E-state index in [2.05, 4.69) is 10.1 Å². The molecule has 0 aromatic heterocycles. The molecule has 0 aliphatic rings. The zero-order valence-corrected chi connectivity index (χ0v) is 16.2. The van der Waals surface area contributed by atoms with E-state index in [4.69, 9.17) is 16.3 Å². The standard InChI is InChI=1S/C19H18ClF3N2O4/c1-3-29-17(27)18(19(21,22)23,24-12-8-10-13(28-2)11-9-12)25-16(26)14-6-4-5-7-15(14)20/h4-11,24H,3H2,1-2H3,(H,25,26)/t18-/m1/s1. The second kappa shape index (κ2) is 9.04. The largest absolute Gasteiger partial charge is 0.497 e. The van der Waals surface area contributed by atoms with E-state index in [1.54, 1.807) is 5.32 Å². The fraction of sp³-hybridized carbons (Fsp3) is 0.263. The molecule has 0 saturated carbocycles. The van der Waals surface area contributed by atoms with Gasteiger partial charge in [0.2, 0.25) is 0 Å². The number of amides is 1. The second-order valence-electron chi connectivity index (χ2n) is 5.76. The normalized spacial score (nSPS) is 13.2. The van der Waals surface area contributed by atoms with Crippen molar-refractivity contribution in [2.45, 2.75) is 18.8 Å². The van der Waals surface area contributed by atoms with Crippen molar-refractivity contribution in [1.82, 2.24) is 5.32 Å². The number of esters is 1. The monoisotopic (exact) mass is 430 g/mol. The fourth-order valence-electron chi connectivity index (χ4n) is 2.40. The quantitative estimate of drug-likeness (QED) is 0.512.